The number of allylic oxidation sites excluding steroid dienone is 1. The summed E-state index contributed by atoms with van der Waals surface area (Å²) >= 11 is 0.605. The fourth-order valence-electron chi connectivity index (χ4n) is 3.28. The Morgan fingerprint density at radius 3 is 2.97 bits per heavy atom. The number of aliphatic imine (C=N–C) groups is 1. The number of benzene rings is 1. The van der Waals surface area contributed by atoms with Gasteiger partial charge in [0.15, 0.2) is 0 Å². The zero-order valence-electron chi connectivity index (χ0n) is 17.0. The molecule has 1 saturated heterocycles. The number of carbonyl (C=O) groups excluding carboxylic acids is 2. The normalized spacial score (nSPS) is 24.0. The number of amides is 1. The van der Waals surface area contributed by atoms with Gasteiger partial charge in [-0.2, -0.15) is 0 Å². The maximum absolute atomic E-state index is 12.1. The van der Waals surface area contributed by atoms with E-state index >= 15 is 0 Å². The molecule has 3 aliphatic rings. The standard InChI is InChI=1S/C22H22I3N3O3/c1-26-11-16-8-15(18-9-21(24-12-27-18)28-22(30)14-2-3-14)4-5-19(16)31-20-6-7-25(13-29)10-17(20)23/h4-5,8-9,12-14,17,20H,2-3,6-7,10H2,1H3/p+1/t17-,20+/m1/s1. The summed E-state index contributed by atoms with van der Waals surface area (Å²) in [6, 6.07) is 9.00. The van der Waals surface area contributed by atoms with Gasteiger partial charge in [-0.05, 0) is 12.8 Å². The van der Waals surface area contributed by atoms with E-state index in [-0.39, 0.29) is 17.9 Å². The van der Waals surface area contributed by atoms with Crippen molar-refractivity contribution in [3.63, 3.8) is 0 Å². The summed E-state index contributed by atoms with van der Waals surface area (Å²) in [6.45, 7) is 0. The Labute approximate surface area is 212 Å². The number of hydrogen-bond acceptors (Lipinski definition) is 4. The van der Waals surface area contributed by atoms with Crippen molar-refractivity contribution >= 4 is 83.2 Å². The van der Waals surface area contributed by atoms with Crippen molar-refractivity contribution in [1.82, 2.24) is 5.32 Å². The van der Waals surface area contributed by atoms with Crippen LogP contribution < -0.4 is 10.1 Å². The molecule has 1 aromatic rings. The molecule has 2 heterocycles. The molecule has 4 rings (SSSR count). The number of hydrogen-bond donors (Lipinski definition) is 1. The van der Waals surface area contributed by atoms with E-state index in [4.69, 9.17) is 4.74 Å². The van der Waals surface area contributed by atoms with E-state index in [1.54, 1.807) is 7.05 Å². The topological polar surface area (TPSA) is 72.1 Å². The van der Waals surface area contributed by atoms with E-state index in [1.165, 1.54) is 4.29 Å². The van der Waals surface area contributed by atoms with Crippen LogP contribution in [0.3, 0.4) is 0 Å². The molecule has 1 aromatic carbocycles. The number of nitrogens with zero attached hydrogens (tertiary/aromatic N) is 2. The van der Waals surface area contributed by atoms with E-state index in [2.05, 4.69) is 43.8 Å². The average molecular weight is 758 g/mol. The molecule has 2 aliphatic heterocycles. The monoisotopic (exact) mass is 758 g/mol. The van der Waals surface area contributed by atoms with Crippen molar-refractivity contribution < 1.29 is 14.3 Å². The van der Waals surface area contributed by atoms with Crippen LogP contribution in [0.4, 0.5) is 0 Å². The van der Waals surface area contributed by atoms with E-state index in [0.29, 0.717) is 3.92 Å². The van der Waals surface area contributed by atoms with Gasteiger partial charge in [0.25, 0.3) is 0 Å². The first-order chi connectivity index (χ1) is 15.1. The Bertz CT molecular complexity index is 1040. The molecule has 0 spiro atoms. The van der Waals surface area contributed by atoms with Gasteiger partial charge in [-0.15, -0.1) is 0 Å². The fourth-order valence-corrected chi connectivity index (χ4v) is 12.3. The third-order valence-electron chi connectivity index (χ3n) is 5.11. The molecule has 9 heteroatoms. The molecule has 31 heavy (non-hydrogen) atoms. The van der Waals surface area contributed by atoms with E-state index in [9.17, 15) is 9.59 Å². The van der Waals surface area contributed by atoms with E-state index < -0.39 is 40.6 Å². The van der Waals surface area contributed by atoms with Crippen LogP contribution in [0.1, 0.15) is 30.4 Å². The summed E-state index contributed by atoms with van der Waals surface area (Å²) in [7, 11) is 1.70. The number of ether oxygens (including phenoxy) is 1. The molecule has 1 amide bonds. The van der Waals surface area contributed by atoms with Gasteiger partial charge < -0.3 is 0 Å². The number of alkyl halides is 3. The van der Waals surface area contributed by atoms with Gasteiger partial charge in [0.05, 0.1) is 0 Å². The first-order valence-electron chi connectivity index (χ1n) is 9.98. The Morgan fingerprint density at radius 1 is 1.42 bits per heavy atom. The maximum atomic E-state index is 12.1. The Balaban J connectivity index is 1.52. The zero-order valence-corrected chi connectivity index (χ0v) is 23.5. The van der Waals surface area contributed by atoms with Crippen LogP contribution in [-0.2, 0) is 9.59 Å². The van der Waals surface area contributed by atoms with Crippen molar-refractivity contribution in [3.05, 3.63) is 44.0 Å². The van der Waals surface area contributed by atoms with Gasteiger partial charge in [0.2, 0.25) is 5.91 Å². The van der Waals surface area contributed by atoms with Crippen LogP contribution in [0.2, 0.25) is 0 Å². The van der Waals surface area contributed by atoms with Gasteiger partial charge in [0.1, 0.15) is 0 Å². The zero-order chi connectivity index (χ0) is 21.8. The fraction of sp³-hybridized carbons (Fsp3) is 0.409. The molecule has 2 fully saturated rings. The molecule has 0 unspecified atom stereocenters. The Kier molecular flexibility index (Phi) is 8.13. The second-order valence-corrected chi connectivity index (χ2v) is 16.7. The summed E-state index contributed by atoms with van der Waals surface area (Å²) < 4.78 is 12.9. The third kappa shape index (κ3) is 6.13. The van der Waals surface area contributed by atoms with Crippen molar-refractivity contribution in [3.8, 4) is 11.8 Å². The first-order valence-corrected chi connectivity index (χ1v) is 17.8. The van der Waals surface area contributed by atoms with Gasteiger partial charge in [-0.3, -0.25) is 4.79 Å². The Hall–Kier alpha value is -0.880. The predicted octanol–water partition coefficient (Wildman–Crippen LogP) is 4.55. The number of nitrogens with one attached hydrogen (secondary N) is 1. The molecule has 6 nitrogen and oxygen atoms in total. The van der Waals surface area contributed by atoms with Gasteiger partial charge in [-0.1, -0.05) is 0 Å². The van der Waals surface area contributed by atoms with E-state index in [1.807, 2.05) is 28.4 Å². The SMILES string of the molecule is C[N+]#Cc1cc(C2=NC=IC(NC(=O)C3CC3)=C2)ccc1O[C@H]1CCI(C=O)C[C@H]1I. The second kappa shape index (κ2) is 10.8. The summed E-state index contributed by atoms with van der Waals surface area (Å²) in [6.07, 6.45) is 5.02. The summed E-state index contributed by atoms with van der Waals surface area (Å²) in [5, 5.41) is 3.08. The molecule has 0 aromatic heterocycles. The van der Waals surface area contributed by atoms with Crippen molar-refractivity contribution in [2.24, 2.45) is 10.9 Å². The van der Waals surface area contributed by atoms with Gasteiger partial charge >= 0.3 is 185 Å². The first kappa shape index (κ1) is 23.3. The van der Waals surface area contributed by atoms with Crippen molar-refractivity contribution in [1.29, 1.82) is 0 Å². The van der Waals surface area contributed by atoms with Gasteiger partial charge in [0, 0.05) is 5.92 Å². The molecule has 164 valence electrons. The minimum atomic E-state index is -1.41. The summed E-state index contributed by atoms with van der Waals surface area (Å²) in [4.78, 5) is 32.0. The van der Waals surface area contributed by atoms with Crippen LogP contribution in [0.25, 0.3) is 4.85 Å². The molecule has 1 N–H and O–H groups in total. The average Bonchev–Trinajstić information content (AvgIpc) is 3.62. The van der Waals surface area contributed by atoms with Crippen LogP contribution >= 0.6 is 63.1 Å². The molecule has 2 atom stereocenters. The van der Waals surface area contributed by atoms with Gasteiger partial charge in [-0.25, -0.2) is 0 Å². The van der Waals surface area contributed by atoms with Crippen LogP contribution in [0, 0.1) is 12.0 Å². The third-order valence-corrected chi connectivity index (χ3v) is 14.7. The molecule has 0 bridgehead atoms. The van der Waals surface area contributed by atoms with Crippen molar-refractivity contribution in [2.75, 3.05) is 15.9 Å². The molecular weight excluding hydrogens is 735 g/mol. The molecule has 1 saturated carbocycles. The van der Waals surface area contributed by atoms with Crippen LogP contribution in [-0.4, -0.2) is 46.0 Å². The van der Waals surface area contributed by atoms with Crippen LogP contribution in [0.15, 0.2) is 33.0 Å². The second-order valence-electron chi connectivity index (χ2n) is 7.41. The number of carbonyl (C=O) groups is 2. The van der Waals surface area contributed by atoms with Crippen molar-refractivity contribution in [2.45, 2.75) is 29.3 Å². The van der Waals surface area contributed by atoms with Crippen LogP contribution in [0.5, 0.6) is 5.75 Å². The molecular formula is C22H23I3N3O3+. The molecule has 0 radical (unpaired) electrons. The Morgan fingerprint density at radius 2 is 2.26 bits per heavy atom. The number of halogens is 3. The summed E-state index contributed by atoms with van der Waals surface area (Å²) in [5.74, 6) is 1.09. The number of rotatable bonds is 6. The van der Waals surface area contributed by atoms with E-state index in [0.717, 1.165) is 54.4 Å². The molecule has 1 aliphatic carbocycles. The predicted molar refractivity (Wildman–Crippen MR) is 152 cm³/mol. The summed E-state index contributed by atoms with van der Waals surface area (Å²) in [5.41, 5.74) is 2.56. The minimum absolute atomic E-state index is 0.103. The quantitative estimate of drug-likeness (QED) is 0.152.